The van der Waals surface area contributed by atoms with Gasteiger partial charge in [0.1, 0.15) is 0 Å². The highest BCUT2D eigenvalue weighted by Gasteiger charge is 2.03. The quantitative estimate of drug-likeness (QED) is 0.660. The van der Waals surface area contributed by atoms with Crippen molar-refractivity contribution in [3.05, 3.63) is 69.5 Å². The molecule has 1 aromatic carbocycles. The molecule has 0 bridgehead atoms. The predicted octanol–water partition coefficient (Wildman–Crippen LogP) is 2.59. The van der Waals surface area contributed by atoms with Gasteiger partial charge in [-0.15, -0.1) is 0 Å². The van der Waals surface area contributed by atoms with E-state index in [1.807, 2.05) is 19.2 Å². The topological polar surface area (TPSA) is 68.1 Å². The molecule has 2 aromatic rings. The van der Waals surface area contributed by atoms with Gasteiger partial charge in [-0.05, 0) is 29.7 Å². The van der Waals surface area contributed by atoms with Gasteiger partial charge in [-0.25, -0.2) is 0 Å². The summed E-state index contributed by atoms with van der Waals surface area (Å²) in [5.74, 6) is 0. The van der Waals surface area contributed by atoms with E-state index in [2.05, 4.69) is 10.3 Å². The lowest BCUT2D eigenvalue weighted by Gasteiger charge is -2.07. The molecule has 0 spiro atoms. The Kier molecular flexibility index (Phi) is 4.20. The van der Waals surface area contributed by atoms with Crippen LogP contribution < -0.4 is 5.32 Å². The molecule has 5 nitrogen and oxygen atoms in total. The zero-order chi connectivity index (χ0) is 13.7. The number of hydrogen-bond acceptors (Lipinski definition) is 4. The normalized spacial score (nSPS) is 10.4. The average molecular weight is 257 g/mol. The minimum absolute atomic E-state index is 0.117. The van der Waals surface area contributed by atoms with Crippen LogP contribution in [0.4, 0.5) is 5.69 Å². The Morgan fingerprint density at radius 1 is 1.21 bits per heavy atom. The lowest BCUT2D eigenvalue weighted by atomic mass is 10.1. The number of rotatable bonds is 5. The van der Waals surface area contributed by atoms with Gasteiger partial charge in [-0.3, -0.25) is 15.1 Å². The highest BCUT2D eigenvalue weighted by Crippen LogP contribution is 2.12. The molecule has 98 valence electrons. The van der Waals surface area contributed by atoms with Gasteiger partial charge >= 0.3 is 0 Å². The second-order valence-electron chi connectivity index (χ2n) is 4.33. The summed E-state index contributed by atoms with van der Waals surface area (Å²) in [6, 6.07) is 8.55. The third-order valence-corrected chi connectivity index (χ3v) is 2.94. The van der Waals surface area contributed by atoms with E-state index >= 15 is 0 Å². The van der Waals surface area contributed by atoms with E-state index in [9.17, 15) is 10.1 Å². The van der Waals surface area contributed by atoms with Gasteiger partial charge in [0.2, 0.25) is 0 Å². The summed E-state index contributed by atoms with van der Waals surface area (Å²) in [4.78, 5) is 14.2. The summed E-state index contributed by atoms with van der Waals surface area (Å²) < 4.78 is 0. The lowest BCUT2D eigenvalue weighted by molar-refractivity contribution is -0.384. The van der Waals surface area contributed by atoms with Crippen LogP contribution in [0.5, 0.6) is 0 Å². The number of nitro benzene ring substituents is 1. The van der Waals surface area contributed by atoms with Gasteiger partial charge in [0, 0.05) is 37.6 Å². The smallest absolute Gasteiger partial charge is 0.269 e. The number of aryl methyl sites for hydroxylation is 1. The number of non-ortho nitro benzene ring substituents is 1. The molecule has 0 aliphatic rings. The molecule has 0 radical (unpaired) electrons. The fourth-order valence-corrected chi connectivity index (χ4v) is 1.76. The van der Waals surface area contributed by atoms with Gasteiger partial charge in [0.25, 0.3) is 5.69 Å². The monoisotopic (exact) mass is 257 g/mol. The van der Waals surface area contributed by atoms with Crippen LogP contribution in [0, 0.1) is 17.0 Å². The van der Waals surface area contributed by atoms with E-state index in [4.69, 9.17) is 0 Å². The highest BCUT2D eigenvalue weighted by atomic mass is 16.6. The summed E-state index contributed by atoms with van der Waals surface area (Å²) in [6.45, 7) is 3.45. The van der Waals surface area contributed by atoms with Crippen molar-refractivity contribution in [1.82, 2.24) is 10.3 Å². The first-order valence-electron chi connectivity index (χ1n) is 6.00. The fourth-order valence-electron chi connectivity index (χ4n) is 1.76. The van der Waals surface area contributed by atoms with Gasteiger partial charge in [0.15, 0.2) is 0 Å². The fraction of sp³-hybridized carbons (Fsp3) is 0.214. The van der Waals surface area contributed by atoms with Crippen LogP contribution in [0.3, 0.4) is 0 Å². The summed E-state index contributed by atoms with van der Waals surface area (Å²) in [7, 11) is 0. The van der Waals surface area contributed by atoms with Crippen LogP contribution in [0.15, 0.2) is 42.7 Å². The van der Waals surface area contributed by atoms with Crippen molar-refractivity contribution in [2.75, 3.05) is 0 Å². The van der Waals surface area contributed by atoms with Crippen molar-refractivity contribution in [3.8, 4) is 0 Å². The molecule has 2 rings (SSSR count). The van der Waals surface area contributed by atoms with Gasteiger partial charge in [-0.1, -0.05) is 12.1 Å². The average Bonchev–Trinajstić information content (AvgIpc) is 2.41. The molecule has 0 amide bonds. The van der Waals surface area contributed by atoms with E-state index < -0.39 is 4.92 Å². The number of pyridine rings is 1. The van der Waals surface area contributed by atoms with Crippen molar-refractivity contribution in [3.63, 3.8) is 0 Å². The van der Waals surface area contributed by atoms with Gasteiger partial charge < -0.3 is 5.32 Å². The molecule has 0 aliphatic heterocycles. The molecule has 5 heteroatoms. The molecule has 1 N–H and O–H groups in total. The molecule has 0 aliphatic carbocycles. The van der Waals surface area contributed by atoms with Gasteiger partial charge in [0.05, 0.1) is 4.92 Å². The van der Waals surface area contributed by atoms with Crippen LogP contribution in [-0.4, -0.2) is 9.91 Å². The Morgan fingerprint density at radius 2 is 1.95 bits per heavy atom. The minimum Gasteiger partial charge on any atom is -0.309 e. The van der Waals surface area contributed by atoms with Crippen LogP contribution in [-0.2, 0) is 13.1 Å². The second kappa shape index (κ2) is 6.06. The Morgan fingerprint density at radius 3 is 2.58 bits per heavy atom. The van der Waals surface area contributed by atoms with Crippen LogP contribution in [0.25, 0.3) is 0 Å². The standard InChI is InChI=1S/C14H15N3O2/c1-11-6-7-15-9-13(11)10-16-8-12-2-4-14(5-3-12)17(18)19/h2-7,9,16H,8,10H2,1H3. The Bertz CT molecular complexity index is 567. The second-order valence-corrected chi connectivity index (χ2v) is 4.33. The van der Waals surface area contributed by atoms with E-state index in [-0.39, 0.29) is 5.69 Å². The molecular weight excluding hydrogens is 242 g/mol. The lowest BCUT2D eigenvalue weighted by Crippen LogP contribution is -2.13. The summed E-state index contributed by atoms with van der Waals surface area (Å²) >= 11 is 0. The maximum atomic E-state index is 10.5. The minimum atomic E-state index is -0.393. The van der Waals surface area contributed by atoms with Crippen molar-refractivity contribution in [2.45, 2.75) is 20.0 Å². The maximum absolute atomic E-state index is 10.5. The first kappa shape index (κ1) is 13.2. The SMILES string of the molecule is Cc1ccncc1CNCc1ccc([N+](=O)[O-])cc1. The Hall–Kier alpha value is -2.27. The molecule has 19 heavy (non-hydrogen) atoms. The Balaban J connectivity index is 1.89. The summed E-state index contributed by atoms with van der Waals surface area (Å²) in [6.07, 6.45) is 3.62. The number of aromatic nitrogens is 1. The third kappa shape index (κ3) is 3.59. The molecule has 0 saturated carbocycles. The molecule has 0 fully saturated rings. The van der Waals surface area contributed by atoms with Crippen molar-refractivity contribution < 1.29 is 4.92 Å². The third-order valence-electron chi connectivity index (χ3n) is 2.94. The number of hydrogen-bond donors (Lipinski definition) is 1. The van der Waals surface area contributed by atoms with E-state index in [0.29, 0.717) is 6.54 Å². The predicted molar refractivity (Wildman–Crippen MR) is 72.6 cm³/mol. The molecule has 0 atom stereocenters. The van der Waals surface area contributed by atoms with E-state index in [1.54, 1.807) is 18.3 Å². The van der Waals surface area contributed by atoms with Crippen molar-refractivity contribution in [2.24, 2.45) is 0 Å². The molecule has 1 aromatic heterocycles. The number of nitrogens with zero attached hydrogens (tertiary/aromatic N) is 2. The zero-order valence-electron chi connectivity index (χ0n) is 10.7. The molecule has 0 saturated heterocycles. The largest absolute Gasteiger partial charge is 0.309 e. The number of benzene rings is 1. The Labute approximate surface area is 111 Å². The van der Waals surface area contributed by atoms with Crippen molar-refractivity contribution >= 4 is 5.69 Å². The van der Waals surface area contributed by atoms with E-state index in [1.165, 1.54) is 17.7 Å². The first-order chi connectivity index (χ1) is 9.16. The zero-order valence-corrected chi connectivity index (χ0v) is 10.7. The summed E-state index contributed by atoms with van der Waals surface area (Å²) in [5.41, 5.74) is 3.50. The first-order valence-corrected chi connectivity index (χ1v) is 6.00. The van der Waals surface area contributed by atoms with Crippen LogP contribution in [0.2, 0.25) is 0 Å². The summed E-state index contributed by atoms with van der Waals surface area (Å²) in [5, 5.41) is 13.8. The highest BCUT2D eigenvalue weighted by molar-refractivity contribution is 5.32. The molecular formula is C14H15N3O2. The number of nitrogens with one attached hydrogen (secondary N) is 1. The maximum Gasteiger partial charge on any atom is 0.269 e. The molecule has 1 heterocycles. The van der Waals surface area contributed by atoms with Crippen LogP contribution in [0.1, 0.15) is 16.7 Å². The van der Waals surface area contributed by atoms with E-state index in [0.717, 1.165) is 17.7 Å². The van der Waals surface area contributed by atoms with Crippen LogP contribution >= 0.6 is 0 Å². The van der Waals surface area contributed by atoms with Gasteiger partial charge in [-0.2, -0.15) is 0 Å². The number of nitro groups is 1. The molecule has 0 unspecified atom stereocenters. The van der Waals surface area contributed by atoms with Crippen molar-refractivity contribution in [1.29, 1.82) is 0 Å².